The van der Waals surface area contributed by atoms with Gasteiger partial charge in [0.1, 0.15) is 0 Å². The van der Waals surface area contributed by atoms with Crippen molar-refractivity contribution in [3.8, 4) is 0 Å². The summed E-state index contributed by atoms with van der Waals surface area (Å²) in [5, 5.41) is 3.00. The van der Waals surface area contributed by atoms with Crippen molar-refractivity contribution in [2.45, 2.75) is 19.5 Å². The fourth-order valence-corrected chi connectivity index (χ4v) is 3.25. The number of amides is 2. The molecule has 1 atom stereocenters. The molecule has 0 bridgehead atoms. The molecule has 2 amide bonds. The second kappa shape index (κ2) is 7.77. The average Bonchev–Trinajstić information content (AvgIpc) is 2.94. The Morgan fingerprint density at radius 2 is 1.96 bits per heavy atom. The standard InChI is InChI=1S/C18H25N3O3/c1-20-12-16(10-17(20)22)18(23)19-11-14-4-2-3-5-15(14)13-21-6-8-24-9-7-21/h2-5,16H,6-13H2,1H3,(H,19,23)/t16-/m0/s1. The molecule has 0 spiro atoms. The van der Waals surface area contributed by atoms with Crippen molar-refractivity contribution in [1.29, 1.82) is 0 Å². The maximum atomic E-state index is 12.3. The lowest BCUT2D eigenvalue weighted by Crippen LogP contribution is -2.36. The number of hydrogen-bond donors (Lipinski definition) is 1. The summed E-state index contributed by atoms with van der Waals surface area (Å²) in [5.74, 6) is -0.217. The fourth-order valence-electron chi connectivity index (χ4n) is 3.25. The Labute approximate surface area is 142 Å². The Morgan fingerprint density at radius 1 is 1.25 bits per heavy atom. The van der Waals surface area contributed by atoms with Gasteiger partial charge in [0.15, 0.2) is 0 Å². The molecule has 0 aromatic heterocycles. The summed E-state index contributed by atoms with van der Waals surface area (Å²) >= 11 is 0. The number of nitrogens with one attached hydrogen (secondary N) is 1. The monoisotopic (exact) mass is 331 g/mol. The first-order valence-corrected chi connectivity index (χ1v) is 8.52. The van der Waals surface area contributed by atoms with Crippen LogP contribution in [0.15, 0.2) is 24.3 Å². The van der Waals surface area contributed by atoms with Crippen molar-refractivity contribution >= 4 is 11.8 Å². The van der Waals surface area contributed by atoms with Crippen LogP contribution in [0.5, 0.6) is 0 Å². The molecule has 6 nitrogen and oxygen atoms in total. The summed E-state index contributed by atoms with van der Waals surface area (Å²) in [6, 6.07) is 8.20. The van der Waals surface area contributed by atoms with E-state index in [0.29, 0.717) is 19.5 Å². The van der Waals surface area contributed by atoms with Crippen molar-refractivity contribution in [2.24, 2.45) is 5.92 Å². The molecule has 0 saturated carbocycles. The number of likely N-dealkylation sites (tertiary alicyclic amines) is 1. The van der Waals surface area contributed by atoms with Gasteiger partial charge >= 0.3 is 0 Å². The van der Waals surface area contributed by atoms with E-state index in [1.54, 1.807) is 11.9 Å². The average molecular weight is 331 g/mol. The van der Waals surface area contributed by atoms with E-state index in [1.807, 2.05) is 12.1 Å². The SMILES string of the molecule is CN1C[C@@H](C(=O)NCc2ccccc2CN2CCOCC2)CC1=O. The quantitative estimate of drug-likeness (QED) is 0.859. The van der Waals surface area contributed by atoms with Gasteiger partial charge in [-0.3, -0.25) is 14.5 Å². The van der Waals surface area contributed by atoms with Crippen LogP contribution in [0.1, 0.15) is 17.5 Å². The molecule has 24 heavy (non-hydrogen) atoms. The maximum Gasteiger partial charge on any atom is 0.225 e. The first kappa shape index (κ1) is 16.9. The molecule has 1 aromatic carbocycles. The van der Waals surface area contributed by atoms with Crippen LogP contribution in [0.2, 0.25) is 0 Å². The van der Waals surface area contributed by atoms with E-state index in [1.165, 1.54) is 5.56 Å². The zero-order valence-corrected chi connectivity index (χ0v) is 14.2. The Morgan fingerprint density at radius 3 is 2.62 bits per heavy atom. The molecule has 2 saturated heterocycles. The topological polar surface area (TPSA) is 61.9 Å². The van der Waals surface area contributed by atoms with Crippen LogP contribution >= 0.6 is 0 Å². The molecule has 1 N–H and O–H groups in total. The number of nitrogens with zero attached hydrogens (tertiary/aromatic N) is 2. The number of carbonyl (C=O) groups excluding carboxylic acids is 2. The first-order valence-electron chi connectivity index (χ1n) is 8.52. The highest BCUT2D eigenvalue weighted by Crippen LogP contribution is 2.17. The van der Waals surface area contributed by atoms with Crippen molar-refractivity contribution in [2.75, 3.05) is 39.9 Å². The van der Waals surface area contributed by atoms with Gasteiger partial charge in [-0.05, 0) is 11.1 Å². The predicted molar refractivity (Wildman–Crippen MR) is 90.1 cm³/mol. The number of hydrogen-bond acceptors (Lipinski definition) is 4. The van der Waals surface area contributed by atoms with Gasteiger partial charge in [-0.25, -0.2) is 0 Å². The van der Waals surface area contributed by atoms with Crippen LogP contribution in [-0.2, 0) is 27.4 Å². The van der Waals surface area contributed by atoms with E-state index in [2.05, 4.69) is 22.3 Å². The zero-order valence-electron chi connectivity index (χ0n) is 14.2. The third kappa shape index (κ3) is 4.13. The van der Waals surface area contributed by atoms with E-state index in [-0.39, 0.29) is 17.7 Å². The Bertz CT molecular complexity index is 599. The summed E-state index contributed by atoms with van der Waals surface area (Å²) in [6.45, 7) is 5.34. The van der Waals surface area contributed by atoms with Crippen LogP contribution in [0, 0.1) is 5.92 Å². The minimum Gasteiger partial charge on any atom is -0.379 e. The van der Waals surface area contributed by atoms with E-state index >= 15 is 0 Å². The summed E-state index contributed by atoms with van der Waals surface area (Å²) in [4.78, 5) is 27.9. The molecule has 2 fully saturated rings. The van der Waals surface area contributed by atoms with Crippen molar-refractivity contribution in [3.05, 3.63) is 35.4 Å². The molecule has 130 valence electrons. The molecule has 1 aromatic rings. The lowest BCUT2D eigenvalue weighted by atomic mass is 10.1. The molecule has 2 aliphatic rings. The van der Waals surface area contributed by atoms with Crippen molar-refractivity contribution < 1.29 is 14.3 Å². The van der Waals surface area contributed by atoms with Crippen LogP contribution in [0.4, 0.5) is 0 Å². The van der Waals surface area contributed by atoms with E-state index in [4.69, 9.17) is 4.74 Å². The molecule has 0 radical (unpaired) electrons. The lowest BCUT2D eigenvalue weighted by Gasteiger charge is -2.27. The minimum atomic E-state index is -0.228. The molecule has 2 heterocycles. The third-order valence-corrected chi connectivity index (χ3v) is 4.78. The highest BCUT2D eigenvalue weighted by Gasteiger charge is 2.31. The number of morpholine rings is 1. The van der Waals surface area contributed by atoms with Crippen LogP contribution < -0.4 is 5.32 Å². The fraction of sp³-hybridized carbons (Fsp3) is 0.556. The van der Waals surface area contributed by atoms with E-state index in [9.17, 15) is 9.59 Å². The van der Waals surface area contributed by atoms with Gasteiger partial charge < -0.3 is 15.0 Å². The Balaban J connectivity index is 1.57. The van der Waals surface area contributed by atoms with Gasteiger partial charge in [-0.2, -0.15) is 0 Å². The summed E-state index contributed by atoms with van der Waals surface area (Å²) in [7, 11) is 1.74. The van der Waals surface area contributed by atoms with Crippen LogP contribution in [-0.4, -0.2) is 61.5 Å². The first-order chi connectivity index (χ1) is 11.6. The number of ether oxygens (including phenoxy) is 1. The number of benzene rings is 1. The predicted octanol–water partition coefficient (Wildman–Crippen LogP) is 0.613. The highest BCUT2D eigenvalue weighted by atomic mass is 16.5. The van der Waals surface area contributed by atoms with Crippen LogP contribution in [0.3, 0.4) is 0 Å². The maximum absolute atomic E-state index is 12.3. The largest absolute Gasteiger partial charge is 0.379 e. The van der Waals surface area contributed by atoms with Gasteiger partial charge in [-0.15, -0.1) is 0 Å². The van der Waals surface area contributed by atoms with Crippen molar-refractivity contribution in [1.82, 2.24) is 15.1 Å². The highest BCUT2D eigenvalue weighted by molar-refractivity contribution is 5.89. The van der Waals surface area contributed by atoms with Gasteiger partial charge in [0.05, 0.1) is 19.1 Å². The van der Waals surface area contributed by atoms with Crippen molar-refractivity contribution in [3.63, 3.8) is 0 Å². The van der Waals surface area contributed by atoms with Gasteiger partial charge in [0, 0.05) is 46.2 Å². The molecule has 0 aliphatic carbocycles. The zero-order chi connectivity index (χ0) is 16.9. The Hall–Kier alpha value is -1.92. The second-order valence-electron chi connectivity index (χ2n) is 6.55. The van der Waals surface area contributed by atoms with Gasteiger partial charge in [0.2, 0.25) is 11.8 Å². The number of carbonyl (C=O) groups is 2. The van der Waals surface area contributed by atoms with E-state index < -0.39 is 0 Å². The van der Waals surface area contributed by atoms with E-state index in [0.717, 1.165) is 38.4 Å². The second-order valence-corrected chi connectivity index (χ2v) is 6.55. The molecule has 6 heteroatoms. The van der Waals surface area contributed by atoms with Gasteiger partial charge in [0.25, 0.3) is 0 Å². The molecular formula is C18H25N3O3. The van der Waals surface area contributed by atoms with Gasteiger partial charge in [-0.1, -0.05) is 24.3 Å². The third-order valence-electron chi connectivity index (χ3n) is 4.78. The summed E-state index contributed by atoms with van der Waals surface area (Å²) in [6.07, 6.45) is 0.317. The molecule has 3 rings (SSSR count). The minimum absolute atomic E-state index is 0.0334. The summed E-state index contributed by atoms with van der Waals surface area (Å²) < 4.78 is 5.39. The Kier molecular flexibility index (Phi) is 5.48. The van der Waals surface area contributed by atoms with Crippen LogP contribution in [0.25, 0.3) is 0 Å². The molecular weight excluding hydrogens is 306 g/mol. The molecule has 0 unspecified atom stereocenters. The lowest BCUT2D eigenvalue weighted by molar-refractivity contribution is -0.128. The molecule has 2 aliphatic heterocycles. The normalized spacial score (nSPS) is 22.0. The smallest absolute Gasteiger partial charge is 0.225 e. The number of rotatable bonds is 5. The summed E-state index contributed by atoms with van der Waals surface area (Å²) in [5.41, 5.74) is 2.37.